The highest BCUT2D eigenvalue weighted by atomic mass is 19.1. The molecule has 0 aliphatic carbocycles. The van der Waals surface area contributed by atoms with Crippen LogP contribution in [0.25, 0.3) is 0 Å². The van der Waals surface area contributed by atoms with Gasteiger partial charge in [0.2, 0.25) is 0 Å². The van der Waals surface area contributed by atoms with E-state index in [0.29, 0.717) is 12.0 Å². The Morgan fingerprint density at radius 1 is 1.50 bits per heavy atom. The van der Waals surface area contributed by atoms with Gasteiger partial charge < -0.3 is 15.6 Å². The molecule has 90 valence electrons. The van der Waals surface area contributed by atoms with Crippen LogP contribution in [0.5, 0.6) is 5.75 Å². The fourth-order valence-corrected chi connectivity index (χ4v) is 1.59. The normalized spacial score (nSPS) is 14.6. The van der Waals surface area contributed by atoms with Crippen molar-refractivity contribution in [3.05, 3.63) is 29.6 Å². The summed E-state index contributed by atoms with van der Waals surface area (Å²) in [5, 5.41) is 9.71. The number of ether oxygens (including phenoxy) is 1. The first-order valence-electron chi connectivity index (χ1n) is 5.37. The summed E-state index contributed by atoms with van der Waals surface area (Å²) in [5.41, 5.74) is 6.41. The van der Waals surface area contributed by atoms with Crippen molar-refractivity contribution in [1.82, 2.24) is 0 Å². The van der Waals surface area contributed by atoms with E-state index >= 15 is 0 Å². The van der Waals surface area contributed by atoms with Crippen LogP contribution >= 0.6 is 0 Å². The molecule has 3 nitrogen and oxygen atoms in total. The second-order valence-corrected chi connectivity index (χ2v) is 3.78. The highest BCUT2D eigenvalue weighted by molar-refractivity contribution is 5.31. The van der Waals surface area contributed by atoms with Crippen LogP contribution in [-0.2, 0) is 0 Å². The number of hydrogen-bond donors (Lipinski definition) is 2. The molecule has 0 amide bonds. The Morgan fingerprint density at radius 3 is 2.69 bits per heavy atom. The minimum absolute atomic E-state index is 0.181. The zero-order chi connectivity index (χ0) is 12.1. The SMILES string of the molecule is CCC[C@H](O)[C@H](N)c1ccc(OC)c(F)c1. The molecule has 0 spiro atoms. The van der Waals surface area contributed by atoms with E-state index < -0.39 is 18.0 Å². The predicted molar refractivity (Wildman–Crippen MR) is 60.8 cm³/mol. The number of benzene rings is 1. The van der Waals surface area contributed by atoms with E-state index in [4.69, 9.17) is 10.5 Å². The van der Waals surface area contributed by atoms with Crippen LogP contribution in [0.1, 0.15) is 31.4 Å². The lowest BCUT2D eigenvalue weighted by molar-refractivity contribution is 0.134. The lowest BCUT2D eigenvalue weighted by Gasteiger charge is -2.19. The maximum absolute atomic E-state index is 13.4. The molecule has 0 bridgehead atoms. The molecular formula is C12H18FNO2. The summed E-state index contributed by atoms with van der Waals surface area (Å²) in [7, 11) is 1.41. The van der Waals surface area contributed by atoms with Crippen molar-refractivity contribution in [2.24, 2.45) is 5.73 Å². The predicted octanol–water partition coefficient (Wildman–Crippen LogP) is 2.00. The minimum atomic E-state index is -0.641. The quantitative estimate of drug-likeness (QED) is 0.808. The van der Waals surface area contributed by atoms with Gasteiger partial charge in [0.05, 0.1) is 19.3 Å². The van der Waals surface area contributed by atoms with Crippen LogP contribution in [0.2, 0.25) is 0 Å². The van der Waals surface area contributed by atoms with Gasteiger partial charge in [-0.1, -0.05) is 19.4 Å². The van der Waals surface area contributed by atoms with Crippen molar-refractivity contribution in [1.29, 1.82) is 0 Å². The van der Waals surface area contributed by atoms with Crippen molar-refractivity contribution in [2.45, 2.75) is 31.9 Å². The summed E-state index contributed by atoms with van der Waals surface area (Å²) >= 11 is 0. The molecule has 1 aromatic rings. The van der Waals surface area contributed by atoms with Crippen molar-refractivity contribution >= 4 is 0 Å². The Balaban J connectivity index is 2.84. The maximum atomic E-state index is 13.4. The summed E-state index contributed by atoms with van der Waals surface area (Å²) in [6, 6.07) is 3.94. The van der Waals surface area contributed by atoms with Gasteiger partial charge >= 0.3 is 0 Å². The van der Waals surface area contributed by atoms with Crippen molar-refractivity contribution in [3.63, 3.8) is 0 Å². The second kappa shape index (κ2) is 5.82. The number of aliphatic hydroxyl groups is 1. The molecule has 0 heterocycles. The van der Waals surface area contributed by atoms with Gasteiger partial charge in [-0.3, -0.25) is 0 Å². The number of nitrogens with two attached hydrogens (primary N) is 1. The zero-order valence-electron chi connectivity index (χ0n) is 9.61. The van der Waals surface area contributed by atoms with Gasteiger partial charge in [-0.25, -0.2) is 4.39 Å². The van der Waals surface area contributed by atoms with Gasteiger partial charge in [0.15, 0.2) is 11.6 Å². The molecule has 0 unspecified atom stereocenters. The summed E-state index contributed by atoms with van der Waals surface area (Å²) in [4.78, 5) is 0. The summed E-state index contributed by atoms with van der Waals surface area (Å²) in [6.07, 6.45) is 0.806. The largest absolute Gasteiger partial charge is 0.494 e. The Kier molecular flexibility index (Phi) is 4.71. The average molecular weight is 227 g/mol. The molecule has 4 heteroatoms. The molecule has 0 saturated heterocycles. The van der Waals surface area contributed by atoms with E-state index in [1.165, 1.54) is 19.2 Å². The topological polar surface area (TPSA) is 55.5 Å². The van der Waals surface area contributed by atoms with Crippen LogP contribution in [0.4, 0.5) is 4.39 Å². The summed E-state index contributed by atoms with van der Waals surface area (Å²) in [5.74, 6) is -0.278. The lowest BCUT2D eigenvalue weighted by atomic mass is 9.99. The van der Waals surface area contributed by atoms with Crippen LogP contribution in [-0.4, -0.2) is 18.3 Å². The molecule has 1 aromatic carbocycles. The number of methoxy groups -OCH3 is 1. The fraction of sp³-hybridized carbons (Fsp3) is 0.500. The van der Waals surface area contributed by atoms with E-state index in [1.807, 2.05) is 6.92 Å². The molecule has 0 saturated carbocycles. The highest BCUT2D eigenvalue weighted by Crippen LogP contribution is 2.23. The standard InChI is InChI=1S/C12H18FNO2/c1-3-4-10(15)12(14)8-5-6-11(16-2)9(13)7-8/h5-7,10,12,15H,3-4,14H2,1-2H3/t10-,12+/m0/s1. The fourth-order valence-electron chi connectivity index (χ4n) is 1.59. The third kappa shape index (κ3) is 2.93. The average Bonchev–Trinajstić information content (AvgIpc) is 2.28. The van der Waals surface area contributed by atoms with Gasteiger partial charge in [0.1, 0.15) is 0 Å². The van der Waals surface area contributed by atoms with E-state index in [-0.39, 0.29) is 5.75 Å². The van der Waals surface area contributed by atoms with Crippen molar-refractivity contribution < 1.29 is 14.2 Å². The molecule has 16 heavy (non-hydrogen) atoms. The Hall–Kier alpha value is -1.13. The third-order valence-electron chi connectivity index (χ3n) is 2.56. The van der Waals surface area contributed by atoms with E-state index in [0.717, 1.165) is 6.42 Å². The second-order valence-electron chi connectivity index (χ2n) is 3.78. The van der Waals surface area contributed by atoms with Crippen LogP contribution < -0.4 is 10.5 Å². The minimum Gasteiger partial charge on any atom is -0.494 e. The van der Waals surface area contributed by atoms with Gasteiger partial charge in [0, 0.05) is 0 Å². The van der Waals surface area contributed by atoms with E-state index in [2.05, 4.69) is 0 Å². The summed E-state index contributed by atoms with van der Waals surface area (Å²) in [6.45, 7) is 1.96. The molecule has 0 aromatic heterocycles. The number of aliphatic hydroxyl groups excluding tert-OH is 1. The third-order valence-corrected chi connectivity index (χ3v) is 2.56. The van der Waals surface area contributed by atoms with Crippen LogP contribution in [0.15, 0.2) is 18.2 Å². The number of hydrogen-bond acceptors (Lipinski definition) is 3. The maximum Gasteiger partial charge on any atom is 0.165 e. The Labute approximate surface area is 95.0 Å². The molecule has 0 aliphatic heterocycles. The van der Waals surface area contributed by atoms with Crippen molar-refractivity contribution in [2.75, 3.05) is 7.11 Å². The smallest absolute Gasteiger partial charge is 0.165 e. The number of rotatable bonds is 5. The molecule has 3 N–H and O–H groups in total. The van der Waals surface area contributed by atoms with Gasteiger partial charge in [-0.15, -0.1) is 0 Å². The van der Waals surface area contributed by atoms with Crippen LogP contribution in [0.3, 0.4) is 0 Å². The highest BCUT2D eigenvalue weighted by Gasteiger charge is 2.17. The number of halogens is 1. The van der Waals surface area contributed by atoms with E-state index in [9.17, 15) is 9.50 Å². The van der Waals surface area contributed by atoms with Crippen LogP contribution in [0, 0.1) is 5.82 Å². The molecule has 2 atom stereocenters. The molecular weight excluding hydrogens is 209 g/mol. The van der Waals surface area contributed by atoms with Crippen molar-refractivity contribution in [3.8, 4) is 5.75 Å². The first-order valence-corrected chi connectivity index (χ1v) is 5.37. The summed E-state index contributed by atoms with van der Waals surface area (Å²) < 4.78 is 18.2. The zero-order valence-corrected chi connectivity index (χ0v) is 9.61. The van der Waals surface area contributed by atoms with Gasteiger partial charge in [0.25, 0.3) is 0 Å². The Bertz CT molecular complexity index is 344. The molecule has 0 fully saturated rings. The first-order chi connectivity index (χ1) is 7.60. The Morgan fingerprint density at radius 2 is 2.19 bits per heavy atom. The van der Waals surface area contributed by atoms with Gasteiger partial charge in [-0.05, 0) is 24.1 Å². The van der Waals surface area contributed by atoms with E-state index in [1.54, 1.807) is 6.07 Å². The molecule has 1 rings (SSSR count). The molecule has 0 radical (unpaired) electrons. The van der Waals surface area contributed by atoms with Gasteiger partial charge in [-0.2, -0.15) is 0 Å². The molecule has 0 aliphatic rings. The monoisotopic (exact) mass is 227 g/mol. The first kappa shape index (κ1) is 12.9. The lowest BCUT2D eigenvalue weighted by Crippen LogP contribution is -2.26.